The number of aliphatic hydroxyl groups is 3. The molecule has 1 aliphatic heterocycles. The smallest absolute Gasteiger partial charge is 0.455 e. The molecule has 17 nitrogen and oxygen atoms in total. The Balaban J connectivity index is 1.54. The van der Waals surface area contributed by atoms with E-state index < -0.39 is 121 Å². The summed E-state index contributed by atoms with van der Waals surface area (Å²) in [4.78, 5) is 74.3. The molecule has 4 aliphatic rings. The molecule has 0 spiro atoms. The predicted molar refractivity (Wildman–Crippen MR) is 329 cm³/mol. The molecule has 2 aromatic rings. The van der Waals surface area contributed by atoms with Crippen LogP contribution in [0.25, 0.3) is 0 Å². The number of unbranched alkanes of at least 4 members (excludes halogenated alkanes) is 15. The van der Waals surface area contributed by atoms with Gasteiger partial charge in [-0.15, -0.1) is 0 Å². The van der Waals surface area contributed by atoms with Crippen molar-refractivity contribution in [2.45, 2.75) is 264 Å². The van der Waals surface area contributed by atoms with E-state index in [0.717, 1.165) is 96.3 Å². The Hall–Kier alpha value is -4.37. The first-order valence-corrected chi connectivity index (χ1v) is 34.1. The summed E-state index contributed by atoms with van der Waals surface area (Å²) < 4.78 is 52.8. The van der Waals surface area contributed by atoms with Gasteiger partial charge in [0, 0.05) is 45.0 Å². The highest BCUT2D eigenvalue weighted by molar-refractivity contribution is 6.53. The van der Waals surface area contributed by atoms with Gasteiger partial charge in [-0.05, 0) is 89.5 Å². The number of ketones is 2. The van der Waals surface area contributed by atoms with E-state index in [1.807, 2.05) is 6.07 Å². The molecule has 2 bridgehead atoms. The maximum Gasteiger partial charge on any atom is 0.680 e. The topological polar surface area (TPSA) is 232 Å². The molecule has 86 heavy (non-hydrogen) atoms. The van der Waals surface area contributed by atoms with Crippen LogP contribution in [0, 0.1) is 22.7 Å². The number of allylic oxidation sites excluding steroid dienone is 1. The lowest BCUT2D eigenvalue weighted by molar-refractivity contribution is -0.345. The minimum Gasteiger partial charge on any atom is -0.455 e. The van der Waals surface area contributed by atoms with E-state index in [4.69, 9.17) is 36.7 Å². The Labute approximate surface area is 514 Å². The van der Waals surface area contributed by atoms with Crippen molar-refractivity contribution in [2.24, 2.45) is 22.7 Å². The summed E-state index contributed by atoms with van der Waals surface area (Å²) >= 11 is 0. The summed E-state index contributed by atoms with van der Waals surface area (Å²) in [7, 11) is -4.44. The van der Waals surface area contributed by atoms with Crippen LogP contribution in [-0.2, 0) is 51.0 Å². The number of benzene rings is 2. The average Bonchev–Trinajstić information content (AvgIpc) is 0.677. The minimum absolute atomic E-state index is 0.0784. The Kier molecular flexibility index (Phi) is 26.2. The summed E-state index contributed by atoms with van der Waals surface area (Å²) in [6.07, 6.45) is 7.96. The number of ether oxygens (including phenoxy) is 4. The van der Waals surface area contributed by atoms with Crippen LogP contribution in [0.5, 0.6) is 0 Å². The molecular weight excluding hydrogens is 1110 g/mol. The third kappa shape index (κ3) is 16.9. The number of carbonyl (C=O) groups excluding carboxylic acids is 5. The fourth-order valence-corrected chi connectivity index (χ4v) is 16.0. The van der Waals surface area contributed by atoms with Crippen LogP contribution in [0.15, 0.2) is 71.8 Å². The van der Waals surface area contributed by atoms with Gasteiger partial charge in [0.1, 0.15) is 35.6 Å². The lowest BCUT2D eigenvalue weighted by Gasteiger charge is -2.67. The zero-order valence-corrected chi connectivity index (χ0v) is 54.7. The molecule has 3 aliphatic carbocycles. The number of aliphatic hydroxyl groups excluding tert-OH is 2. The van der Waals surface area contributed by atoms with E-state index in [9.17, 15) is 29.7 Å². The lowest BCUT2D eigenvalue weighted by Crippen LogP contribution is -2.81. The molecule has 18 heteroatoms. The van der Waals surface area contributed by atoms with E-state index in [1.165, 1.54) is 13.8 Å². The van der Waals surface area contributed by atoms with Crippen molar-refractivity contribution < 1.29 is 75.9 Å². The van der Waals surface area contributed by atoms with E-state index in [2.05, 4.69) is 26.1 Å². The number of alkyl carbamates (subject to hydrolysis) is 1. The molecule has 482 valence electrons. The van der Waals surface area contributed by atoms with Crippen molar-refractivity contribution in [3.8, 4) is 0 Å². The number of amides is 1. The number of Topliss-reactive ketones (excluding diaryl/α,β-unsaturated/α-hetero) is 2. The molecule has 0 radical (unpaired) electrons. The van der Waals surface area contributed by atoms with Gasteiger partial charge >= 0.3 is 27.1 Å². The van der Waals surface area contributed by atoms with E-state index in [0.29, 0.717) is 30.4 Å². The Bertz CT molecular complexity index is 2490. The summed E-state index contributed by atoms with van der Waals surface area (Å²) in [5.41, 5.74) is -7.51. The molecule has 6 rings (SSSR count). The number of hydrogen-bond donors (Lipinski definition) is 4. The van der Waals surface area contributed by atoms with Crippen molar-refractivity contribution >= 4 is 38.6 Å². The van der Waals surface area contributed by atoms with E-state index >= 15 is 9.59 Å². The number of rotatable bonds is 35. The monoisotopic (exact) mass is 1220 g/mol. The minimum atomic E-state index is -4.44. The molecule has 1 amide bonds. The summed E-state index contributed by atoms with van der Waals surface area (Å²) in [6.45, 7) is 19.8. The van der Waals surface area contributed by atoms with Crippen LogP contribution >= 0.6 is 0 Å². The zero-order valence-electron chi connectivity index (χ0n) is 53.7. The number of fused-ring (bicyclic) bond motifs is 5. The molecule has 1 heterocycles. The largest absolute Gasteiger partial charge is 0.680 e. The third-order valence-electron chi connectivity index (χ3n) is 18.6. The Morgan fingerprint density at radius 1 is 0.744 bits per heavy atom. The van der Waals surface area contributed by atoms with Crippen LogP contribution < -0.4 is 5.32 Å². The first-order chi connectivity index (χ1) is 40.9. The van der Waals surface area contributed by atoms with Crippen molar-refractivity contribution in [1.82, 2.24) is 5.32 Å². The molecule has 4 N–H and O–H groups in total. The highest BCUT2D eigenvalue weighted by atomic mass is 28.4. The van der Waals surface area contributed by atoms with Gasteiger partial charge in [0.2, 0.25) is 0 Å². The number of nitrogens with one attached hydrogen (secondary N) is 1. The second-order valence-electron chi connectivity index (χ2n) is 26.5. The van der Waals surface area contributed by atoms with Gasteiger partial charge in [-0.3, -0.25) is 14.4 Å². The van der Waals surface area contributed by atoms with Gasteiger partial charge in [-0.2, -0.15) is 0 Å². The maximum atomic E-state index is 16.4. The van der Waals surface area contributed by atoms with E-state index in [1.54, 1.807) is 96.1 Å². The summed E-state index contributed by atoms with van der Waals surface area (Å²) in [5.74, 6) is -5.57. The molecule has 0 aromatic heterocycles. The van der Waals surface area contributed by atoms with Crippen LogP contribution in [0.1, 0.15) is 233 Å². The highest BCUT2D eigenvalue weighted by Gasteiger charge is 2.78. The molecule has 2 aromatic carbocycles. The van der Waals surface area contributed by atoms with Crippen LogP contribution in [0.2, 0.25) is 0 Å². The maximum absolute atomic E-state index is 16.4. The second kappa shape index (κ2) is 31.9. The van der Waals surface area contributed by atoms with Crippen molar-refractivity contribution in [3.05, 3.63) is 82.9 Å². The number of esters is 2. The second-order valence-corrected chi connectivity index (χ2v) is 28.6. The fourth-order valence-electron chi connectivity index (χ4n) is 13.7. The van der Waals surface area contributed by atoms with Gasteiger partial charge in [0.25, 0.3) is 0 Å². The predicted octanol–water partition coefficient (Wildman–Crippen LogP) is 12.5. The van der Waals surface area contributed by atoms with Crippen LogP contribution in [0.4, 0.5) is 4.79 Å². The van der Waals surface area contributed by atoms with Gasteiger partial charge in [0.05, 0.1) is 35.6 Å². The standard InChI is InChI=1S/C68H105NO16Si/c1-12-15-18-21-24-33-40-79-86(80-41-34-25-22-19-16-13-2,81-42-35-26-23-20-17-14-3)85-58(56(49-36-29-27-30-37-49)69-63(76)84-64(6,7)8)52(71)43-51-45-68(77)61(82-62(75)50-38-31-28-32-39-50)59-66(11,60(74)57(73)55(47(51)4)65(68,9)10)53(72)44-54-67(59,46-78-54)83-48(5)70/h27-32,36-39,51,53-54,56-59,61,72-73,77H,12-26,33-35,40-46H2,1-11H3,(H,69,76)/t51-,53-,54+,56-,57+,58-,59-,61-,66+,67-,68+/m0/s1. The lowest BCUT2D eigenvalue weighted by atomic mass is 9.44. The fraction of sp³-hybridized carbons (Fsp3) is 0.721. The SMILES string of the molecule is CCCCCCCCO[Si](OCCCCCCCC)(OCCCCCCCC)O[C@@H](C(=O)C[C@H]1C[C@@]2(O)[C@@H](OC(=O)c3ccccc3)[C@@H]3[C@]4(OC(C)=O)CO[C@@H]4C[C@H](O)[C@@]3(C)C(=O)[C@H](O)C(=C1C)C2(C)C)[C@@H](NC(=O)OC(C)(C)C)c1ccccc1. The molecule has 11 atom stereocenters. The normalized spacial score (nSPS) is 26.9. The first kappa shape index (κ1) is 70.7. The summed E-state index contributed by atoms with van der Waals surface area (Å²) in [6, 6.07) is 15.8. The van der Waals surface area contributed by atoms with Crippen LogP contribution in [-0.4, -0.2) is 128 Å². The molecule has 1 saturated heterocycles. The molecule has 0 unspecified atom stereocenters. The Morgan fingerprint density at radius 2 is 1.24 bits per heavy atom. The van der Waals surface area contributed by atoms with E-state index in [-0.39, 0.29) is 50.4 Å². The zero-order chi connectivity index (χ0) is 62.9. The van der Waals surface area contributed by atoms with Crippen LogP contribution in [0.3, 0.4) is 0 Å². The molecule has 2 saturated carbocycles. The Morgan fingerprint density at radius 3 is 1.72 bits per heavy atom. The summed E-state index contributed by atoms with van der Waals surface area (Å²) in [5, 5.41) is 42.4. The molecular formula is C68H105NO16Si. The van der Waals surface area contributed by atoms with Gasteiger partial charge in [0.15, 0.2) is 17.2 Å². The quantitative estimate of drug-likeness (QED) is 0.0165. The van der Waals surface area contributed by atoms with Crippen molar-refractivity contribution in [3.63, 3.8) is 0 Å². The van der Waals surface area contributed by atoms with Gasteiger partial charge < -0.3 is 57.3 Å². The third-order valence-corrected chi connectivity index (χ3v) is 20.8. The highest BCUT2D eigenvalue weighted by Crippen LogP contribution is 2.65. The van der Waals surface area contributed by atoms with Gasteiger partial charge in [-0.25, -0.2) is 9.59 Å². The number of hydrogen-bond acceptors (Lipinski definition) is 16. The van der Waals surface area contributed by atoms with Gasteiger partial charge in [-0.1, -0.05) is 185 Å². The average molecular weight is 1220 g/mol. The van der Waals surface area contributed by atoms with Crippen molar-refractivity contribution in [2.75, 3.05) is 26.4 Å². The van der Waals surface area contributed by atoms with Crippen molar-refractivity contribution in [1.29, 1.82) is 0 Å². The molecule has 3 fully saturated rings. The number of carbonyl (C=O) groups is 5. The first-order valence-electron chi connectivity index (χ1n) is 32.4.